The molecule has 0 atom stereocenters. The third-order valence-corrected chi connectivity index (χ3v) is 3.51. The molecule has 0 unspecified atom stereocenters. The summed E-state index contributed by atoms with van der Waals surface area (Å²) in [7, 11) is 1.95. The van der Waals surface area contributed by atoms with E-state index in [9.17, 15) is 5.26 Å². The van der Waals surface area contributed by atoms with Gasteiger partial charge in [-0.05, 0) is 30.9 Å². The summed E-state index contributed by atoms with van der Waals surface area (Å²) in [5.74, 6) is 1.59. The first kappa shape index (κ1) is 11.7. The van der Waals surface area contributed by atoms with Gasteiger partial charge in [0, 0.05) is 25.1 Å². The lowest BCUT2D eigenvalue weighted by Crippen LogP contribution is -2.09. The van der Waals surface area contributed by atoms with Crippen molar-refractivity contribution in [3.8, 4) is 6.07 Å². The number of hydrogen-bond donors (Lipinski definition) is 1. The summed E-state index contributed by atoms with van der Waals surface area (Å²) in [4.78, 5) is 8.83. The van der Waals surface area contributed by atoms with E-state index in [1.165, 1.54) is 5.56 Å². The van der Waals surface area contributed by atoms with E-state index < -0.39 is 0 Å². The highest BCUT2D eigenvalue weighted by molar-refractivity contribution is 5.55. The smallest absolute Gasteiger partial charge is 0.144 e. The first-order valence-corrected chi connectivity index (χ1v) is 6.41. The van der Waals surface area contributed by atoms with Crippen LogP contribution < -0.4 is 5.32 Å². The standard InChI is InChI=1S/C14H15N5/c1-19-6-5-16-13(19)9-17-14-11(8-15)7-10-3-2-4-12(10)18-14/h5-7H,2-4,9H2,1H3,(H,17,18). The number of rotatable bonds is 3. The van der Waals surface area contributed by atoms with Crippen molar-refractivity contribution in [1.82, 2.24) is 14.5 Å². The van der Waals surface area contributed by atoms with Crippen LogP contribution in [-0.4, -0.2) is 14.5 Å². The largest absolute Gasteiger partial charge is 0.362 e. The summed E-state index contributed by atoms with van der Waals surface area (Å²) >= 11 is 0. The van der Waals surface area contributed by atoms with Crippen LogP contribution in [0.15, 0.2) is 18.5 Å². The number of nitrogens with zero attached hydrogens (tertiary/aromatic N) is 4. The van der Waals surface area contributed by atoms with Gasteiger partial charge in [0.25, 0.3) is 0 Å². The molecule has 0 saturated carbocycles. The molecule has 2 heterocycles. The zero-order chi connectivity index (χ0) is 13.2. The zero-order valence-corrected chi connectivity index (χ0v) is 10.8. The predicted molar refractivity (Wildman–Crippen MR) is 71.5 cm³/mol. The fraction of sp³-hybridized carbons (Fsp3) is 0.357. The molecule has 0 bridgehead atoms. The summed E-state index contributed by atoms with van der Waals surface area (Å²) in [5, 5.41) is 12.4. The summed E-state index contributed by atoms with van der Waals surface area (Å²) in [5.41, 5.74) is 2.97. The van der Waals surface area contributed by atoms with E-state index >= 15 is 0 Å². The van der Waals surface area contributed by atoms with Crippen molar-refractivity contribution in [1.29, 1.82) is 5.26 Å². The van der Waals surface area contributed by atoms with Crippen LogP contribution >= 0.6 is 0 Å². The number of anilines is 1. The molecule has 0 amide bonds. The summed E-state index contributed by atoms with van der Waals surface area (Å²) in [6.07, 6.45) is 6.85. The van der Waals surface area contributed by atoms with Gasteiger partial charge in [-0.2, -0.15) is 5.26 Å². The van der Waals surface area contributed by atoms with Crippen molar-refractivity contribution >= 4 is 5.82 Å². The highest BCUT2D eigenvalue weighted by atomic mass is 15.1. The maximum Gasteiger partial charge on any atom is 0.144 e. The van der Waals surface area contributed by atoms with E-state index in [0.717, 1.165) is 30.8 Å². The number of aromatic nitrogens is 3. The molecule has 1 aliphatic carbocycles. The van der Waals surface area contributed by atoms with Crippen molar-refractivity contribution in [2.75, 3.05) is 5.32 Å². The Morgan fingerprint density at radius 1 is 1.47 bits per heavy atom. The monoisotopic (exact) mass is 253 g/mol. The van der Waals surface area contributed by atoms with E-state index in [2.05, 4.69) is 21.4 Å². The van der Waals surface area contributed by atoms with Crippen LogP contribution in [0.3, 0.4) is 0 Å². The Bertz CT molecular complexity index is 650. The number of aryl methyl sites for hydroxylation is 3. The molecule has 0 radical (unpaired) electrons. The molecule has 3 rings (SSSR count). The lowest BCUT2D eigenvalue weighted by atomic mass is 10.1. The van der Waals surface area contributed by atoms with Gasteiger partial charge in [-0.1, -0.05) is 0 Å². The van der Waals surface area contributed by atoms with Crippen LogP contribution in [-0.2, 0) is 26.4 Å². The third kappa shape index (κ3) is 2.17. The first-order valence-electron chi connectivity index (χ1n) is 6.41. The minimum Gasteiger partial charge on any atom is -0.362 e. The maximum atomic E-state index is 9.21. The zero-order valence-electron chi connectivity index (χ0n) is 10.8. The second-order valence-electron chi connectivity index (χ2n) is 4.76. The van der Waals surface area contributed by atoms with E-state index in [1.807, 2.05) is 23.9 Å². The van der Waals surface area contributed by atoms with Crippen molar-refractivity contribution in [2.45, 2.75) is 25.8 Å². The van der Waals surface area contributed by atoms with Gasteiger partial charge in [0.1, 0.15) is 17.7 Å². The minimum absolute atomic E-state index is 0.573. The van der Waals surface area contributed by atoms with Gasteiger partial charge in [-0.15, -0.1) is 0 Å². The number of nitrogens with one attached hydrogen (secondary N) is 1. The molecule has 0 aliphatic heterocycles. The van der Waals surface area contributed by atoms with Gasteiger partial charge in [-0.25, -0.2) is 9.97 Å². The Hall–Kier alpha value is -2.35. The molecule has 5 nitrogen and oxygen atoms in total. The molecule has 5 heteroatoms. The number of imidazole rings is 1. The topological polar surface area (TPSA) is 66.5 Å². The van der Waals surface area contributed by atoms with Crippen LogP contribution in [0.2, 0.25) is 0 Å². The van der Waals surface area contributed by atoms with Gasteiger partial charge in [-0.3, -0.25) is 0 Å². The average Bonchev–Trinajstić information content (AvgIpc) is 3.03. The fourth-order valence-electron chi connectivity index (χ4n) is 2.42. The highest BCUT2D eigenvalue weighted by Crippen LogP contribution is 2.25. The van der Waals surface area contributed by atoms with Crippen LogP contribution in [0.25, 0.3) is 0 Å². The number of fused-ring (bicyclic) bond motifs is 1. The minimum atomic E-state index is 0.573. The molecule has 2 aromatic heterocycles. The average molecular weight is 253 g/mol. The molecule has 0 saturated heterocycles. The van der Waals surface area contributed by atoms with Crippen molar-refractivity contribution in [2.24, 2.45) is 7.05 Å². The molecule has 1 N–H and O–H groups in total. The van der Waals surface area contributed by atoms with E-state index in [-0.39, 0.29) is 0 Å². The van der Waals surface area contributed by atoms with E-state index in [0.29, 0.717) is 17.9 Å². The van der Waals surface area contributed by atoms with Gasteiger partial charge < -0.3 is 9.88 Å². The van der Waals surface area contributed by atoms with Gasteiger partial charge in [0.15, 0.2) is 0 Å². The summed E-state index contributed by atoms with van der Waals surface area (Å²) in [6, 6.07) is 4.19. The Balaban J connectivity index is 1.85. The van der Waals surface area contributed by atoms with E-state index in [4.69, 9.17) is 0 Å². The number of nitriles is 1. The Labute approximate surface area is 111 Å². The summed E-state index contributed by atoms with van der Waals surface area (Å²) < 4.78 is 1.95. The number of hydrogen-bond acceptors (Lipinski definition) is 4. The van der Waals surface area contributed by atoms with Crippen molar-refractivity contribution in [3.05, 3.63) is 41.1 Å². The van der Waals surface area contributed by atoms with Crippen molar-refractivity contribution < 1.29 is 0 Å². The molecule has 0 fully saturated rings. The molecule has 1 aliphatic rings. The normalized spacial score (nSPS) is 13.1. The Morgan fingerprint density at radius 2 is 2.37 bits per heavy atom. The van der Waals surface area contributed by atoms with E-state index in [1.54, 1.807) is 6.20 Å². The molecular weight excluding hydrogens is 238 g/mol. The van der Waals surface area contributed by atoms with Gasteiger partial charge in [0.05, 0.1) is 12.1 Å². The lowest BCUT2D eigenvalue weighted by Gasteiger charge is -2.09. The molecule has 96 valence electrons. The second-order valence-corrected chi connectivity index (χ2v) is 4.76. The SMILES string of the molecule is Cn1ccnc1CNc1nc2c(cc1C#N)CCC2. The molecular formula is C14H15N5. The predicted octanol–water partition coefficient (Wildman–Crippen LogP) is 1.79. The quantitative estimate of drug-likeness (QED) is 0.905. The molecule has 2 aromatic rings. The van der Waals surface area contributed by atoms with Crippen molar-refractivity contribution in [3.63, 3.8) is 0 Å². The first-order chi connectivity index (χ1) is 9.28. The lowest BCUT2D eigenvalue weighted by molar-refractivity contribution is 0.809. The third-order valence-electron chi connectivity index (χ3n) is 3.51. The molecule has 0 aromatic carbocycles. The van der Waals surface area contributed by atoms with Gasteiger partial charge in [0.2, 0.25) is 0 Å². The number of pyridine rings is 1. The van der Waals surface area contributed by atoms with Crippen LogP contribution in [0.4, 0.5) is 5.82 Å². The van der Waals surface area contributed by atoms with Crippen LogP contribution in [0.5, 0.6) is 0 Å². The Morgan fingerprint density at radius 3 is 3.11 bits per heavy atom. The summed E-state index contributed by atoms with van der Waals surface area (Å²) in [6.45, 7) is 0.573. The van der Waals surface area contributed by atoms with Gasteiger partial charge >= 0.3 is 0 Å². The van der Waals surface area contributed by atoms with Crippen LogP contribution in [0.1, 0.15) is 29.1 Å². The molecule has 0 spiro atoms. The Kier molecular flexibility index (Phi) is 2.92. The molecule has 19 heavy (non-hydrogen) atoms. The van der Waals surface area contributed by atoms with Crippen LogP contribution in [0, 0.1) is 11.3 Å². The second kappa shape index (κ2) is 4.73. The maximum absolute atomic E-state index is 9.21. The fourth-order valence-corrected chi connectivity index (χ4v) is 2.42. The highest BCUT2D eigenvalue weighted by Gasteiger charge is 2.16.